The van der Waals surface area contributed by atoms with Crippen molar-refractivity contribution in [3.63, 3.8) is 0 Å². The molecule has 0 saturated carbocycles. The second-order valence-electron chi connectivity index (χ2n) is 2.51. The monoisotopic (exact) mass is 164 g/mol. The minimum Gasteiger partial charge on any atom is -0.464 e. The van der Waals surface area contributed by atoms with E-state index < -0.39 is 0 Å². The zero-order valence-corrected chi connectivity index (χ0v) is 7.15. The quantitative estimate of drug-likeness (QED) is 0.468. The van der Waals surface area contributed by atoms with Gasteiger partial charge in [-0.15, -0.1) is 11.6 Å². The van der Waals surface area contributed by atoms with Crippen LogP contribution < -0.4 is 0 Å². The topological polar surface area (TPSA) is 26.3 Å². The van der Waals surface area contributed by atoms with Gasteiger partial charge < -0.3 is 4.74 Å². The molecular formula is C7H13ClO2. The van der Waals surface area contributed by atoms with Crippen LogP contribution in [-0.2, 0) is 9.53 Å². The molecule has 0 bridgehead atoms. The molecule has 60 valence electrons. The van der Waals surface area contributed by atoms with Crippen LogP contribution >= 0.6 is 11.6 Å². The molecule has 0 heterocycles. The Labute approximate surface area is 66.5 Å². The maximum Gasteiger partial charge on any atom is 0.306 e. The zero-order valence-electron chi connectivity index (χ0n) is 6.39. The van der Waals surface area contributed by atoms with E-state index in [1.54, 1.807) is 0 Å². The first-order valence-corrected chi connectivity index (χ1v) is 3.92. The van der Waals surface area contributed by atoms with E-state index in [0.717, 1.165) is 0 Å². The van der Waals surface area contributed by atoms with Gasteiger partial charge in [0, 0.05) is 6.42 Å². The molecule has 0 fully saturated rings. The van der Waals surface area contributed by atoms with Crippen LogP contribution in [0.3, 0.4) is 0 Å². The smallest absolute Gasteiger partial charge is 0.306 e. The number of carbonyl (C=O) groups excluding carboxylic acids is 1. The normalized spacial score (nSPS) is 10.0. The van der Waals surface area contributed by atoms with Crippen LogP contribution in [0.15, 0.2) is 0 Å². The average molecular weight is 165 g/mol. The van der Waals surface area contributed by atoms with E-state index in [1.165, 1.54) is 0 Å². The minimum atomic E-state index is -0.157. The summed E-state index contributed by atoms with van der Waals surface area (Å²) in [5, 5.41) is 0. The number of hydrogen-bond acceptors (Lipinski definition) is 2. The summed E-state index contributed by atoms with van der Waals surface area (Å²) in [7, 11) is 0. The number of halogens is 1. The summed E-state index contributed by atoms with van der Waals surface area (Å²) in [6.07, 6.45) is 0.483. The molecule has 0 atom stereocenters. The minimum absolute atomic E-state index is 0.157. The van der Waals surface area contributed by atoms with Crippen LogP contribution in [-0.4, -0.2) is 18.5 Å². The highest BCUT2D eigenvalue weighted by molar-refractivity contribution is 6.18. The first-order chi connectivity index (χ1) is 4.66. The van der Waals surface area contributed by atoms with Gasteiger partial charge in [0.1, 0.15) is 6.61 Å². The van der Waals surface area contributed by atoms with Crippen molar-refractivity contribution in [2.24, 2.45) is 5.92 Å². The fourth-order valence-corrected chi connectivity index (χ4v) is 0.622. The molecule has 0 unspecified atom stereocenters. The lowest BCUT2D eigenvalue weighted by Gasteiger charge is -2.03. The van der Waals surface area contributed by atoms with Crippen molar-refractivity contribution in [1.82, 2.24) is 0 Å². The summed E-state index contributed by atoms with van der Waals surface area (Å²) >= 11 is 5.30. The lowest BCUT2D eigenvalue weighted by atomic mass is 10.1. The Hall–Kier alpha value is -0.240. The van der Waals surface area contributed by atoms with Gasteiger partial charge in [0.25, 0.3) is 0 Å². The lowest BCUT2D eigenvalue weighted by Crippen LogP contribution is -2.09. The molecule has 0 aromatic carbocycles. The highest BCUT2D eigenvalue weighted by atomic mass is 35.5. The molecule has 0 aliphatic heterocycles. The Balaban J connectivity index is 3.26. The van der Waals surface area contributed by atoms with Crippen LogP contribution in [0.1, 0.15) is 20.3 Å². The largest absolute Gasteiger partial charge is 0.464 e. The molecule has 0 saturated heterocycles. The highest BCUT2D eigenvalue weighted by Gasteiger charge is 2.04. The molecule has 0 spiro atoms. The number of rotatable bonds is 4. The van der Waals surface area contributed by atoms with E-state index in [-0.39, 0.29) is 5.97 Å². The Kier molecular flexibility index (Phi) is 5.40. The van der Waals surface area contributed by atoms with Crippen molar-refractivity contribution in [3.05, 3.63) is 0 Å². The fraction of sp³-hybridized carbons (Fsp3) is 0.857. The second kappa shape index (κ2) is 5.54. The molecule has 3 heteroatoms. The van der Waals surface area contributed by atoms with Crippen LogP contribution in [0.4, 0.5) is 0 Å². The van der Waals surface area contributed by atoms with Crippen LogP contribution in [0.25, 0.3) is 0 Å². The van der Waals surface area contributed by atoms with E-state index in [4.69, 9.17) is 16.3 Å². The van der Waals surface area contributed by atoms with Crippen molar-refractivity contribution in [2.45, 2.75) is 20.3 Å². The average Bonchev–Trinajstić information content (AvgIpc) is 1.82. The third-order valence-electron chi connectivity index (χ3n) is 0.915. The fourth-order valence-electron chi connectivity index (χ4n) is 0.545. The summed E-state index contributed by atoms with van der Waals surface area (Å²) in [6, 6.07) is 0. The third-order valence-corrected chi connectivity index (χ3v) is 1.07. The number of carbonyl (C=O) groups is 1. The van der Waals surface area contributed by atoms with Crippen LogP contribution in [0.2, 0.25) is 0 Å². The van der Waals surface area contributed by atoms with E-state index >= 15 is 0 Å². The third kappa shape index (κ3) is 5.89. The van der Waals surface area contributed by atoms with E-state index in [1.807, 2.05) is 13.8 Å². The van der Waals surface area contributed by atoms with Gasteiger partial charge in [-0.05, 0) is 5.92 Å². The zero-order chi connectivity index (χ0) is 7.98. The number of esters is 1. The van der Waals surface area contributed by atoms with Gasteiger partial charge in [-0.3, -0.25) is 4.79 Å². The molecule has 0 radical (unpaired) electrons. The Bertz CT molecular complexity index is 102. The first-order valence-electron chi connectivity index (χ1n) is 3.38. The molecule has 0 aromatic rings. The summed E-state index contributed by atoms with van der Waals surface area (Å²) in [4.78, 5) is 10.7. The number of alkyl halides is 1. The van der Waals surface area contributed by atoms with Gasteiger partial charge in [0.15, 0.2) is 0 Å². The Morgan fingerprint density at radius 3 is 2.60 bits per heavy atom. The van der Waals surface area contributed by atoms with Crippen LogP contribution in [0.5, 0.6) is 0 Å². The second-order valence-corrected chi connectivity index (χ2v) is 2.89. The van der Waals surface area contributed by atoms with Crippen molar-refractivity contribution in [3.8, 4) is 0 Å². The molecule has 0 N–H and O–H groups in total. The van der Waals surface area contributed by atoms with Crippen molar-refractivity contribution in [2.75, 3.05) is 12.5 Å². The first kappa shape index (κ1) is 9.76. The van der Waals surface area contributed by atoms with Gasteiger partial charge in [-0.2, -0.15) is 0 Å². The van der Waals surface area contributed by atoms with E-state index in [9.17, 15) is 4.79 Å². The highest BCUT2D eigenvalue weighted by Crippen LogP contribution is 2.00. The van der Waals surface area contributed by atoms with Gasteiger partial charge in [-0.1, -0.05) is 13.8 Å². The molecular weight excluding hydrogens is 152 g/mol. The molecule has 0 aliphatic carbocycles. The van der Waals surface area contributed by atoms with Gasteiger partial charge in [0.2, 0.25) is 0 Å². The predicted octanol–water partition coefficient (Wildman–Crippen LogP) is 1.81. The summed E-state index contributed by atoms with van der Waals surface area (Å²) in [5.41, 5.74) is 0. The maximum atomic E-state index is 10.7. The van der Waals surface area contributed by atoms with Crippen LogP contribution in [0, 0.1) is 5.92 Å². The van der Waals surface area contributed by atoms with Gasteiger partial charge in [0.05, 0.1) is 5.88 Å². The maximum absolute atomic E-state index is 10.7. The van der Waals surface area contributed by atoms with Gasteiger partial charge in [-0.25, -0.2) is 0 Å². The standard InChI is InChI=1S/C7H13ClO2/c1-6(2)5-7(9)10-4-3-8/h6H,3-5H2,1-2H3. The molecule has 0 amide bonds. The van der Waals surface area contributed by atoms with Crippen molar-refractivity contribution < 1.29 is 9.53 Å². The molecule has 0 aromatic heterocycles. The van der Waals surface area contributed by atoms with Gasteiger partial charge >= 0.3 is 5.97 Å². The molecule has 10 heavy (non-hydrogen) atoms. The Morgan fingerprint density at radius 2 is 2.20 bits per heavy atom. The molecule has 0 aliphatic rings. The summed E-state index contributed by atoms with van der Waals surface area (Å²) < 4.78 is 4.73. The van der Waals surface area contributed by atoms with Crippen molar-refractivity contribution in [1.29, 1.82) is 0 Å². The van der Waals surface area contributed by atoms with E-state index in [0.29, 0.717) is 24.8 Å². The summed E-state index contributed by atoms with van der Waals surface area (Å²) in [6.45, 7) is 4.27. The number of hydrogen-bond donors (Lipinski definition) is 0. The molecule has 2 nitrogen and oxygen atoms in total. The SMILES string of the molecule is CC(C)CC(=O)OCCCl. The Morgan fingerprint density at radius 1 is 1.60 bits per heavy atom. The van der Waals surface area contributed by atoms with E-state index in [2.05, 4.69) is 0 Å². The predicted molar refractivity (Wildman–Crippen MR) is 41.1 cm³/mol. The van der Waals surface area contributed by atoms with Crippen molar-refractivity contribution >= 4 is 17.6 Å². The summed E-state index contributed by atoms with van der Waals surface area (Å²) in [5.74, 6) is 0.586. The lowest BCUT2D eigenvalue weighted by molar-refractivity contribution is -0.143. The molecule has 0 rings (SSSR count). The number of ether oxygens (including phenoxy) is 1.